The molecule has 3 aliphatic rings. The second-order valence-electron chi connectivity index (χ2n) is 6.72. The number of hydrogen-bond acceptors (Lipinski definition) is 5. The number of carboxylic acid groups (broad SMARTS) is 1. The van der Waals surface area contributed by atoms with E-state index in [-0.39, 0.29) is 29.6 Å². The fraction of sp³-hybridized carbons (Fsp3) is 0.733. The molecule has 3 aliphatic heterocycles. The topological polar surface area (TPSA) is 107 Å². The van der Waals surface area contributed by atoms with E-state index >= 15 is 0 Å². The summed E-state index contributed by atoms with van der Waals surface area (Å²) in [5.41, 5.74) is 6.80. The fourth-order valence-electron chi connectivity index (χ4n) is 4.10. The maximum Gasteiger partial charge on any atom is 0.352 e. The normalized spacial score (nSPS) is 36.5. The van der Waals surface area contributed by atoms with Gasteiger partial charge in [-0.25, -0.2) is 4.79 Å². The van der Waals surface area contributed by atoms with Crippen molar-refractivity contribution in [2.45, 2.75) is 38.5 Å². The van der Waals surface area contributed by atoms with E-state index in [4.69, 9.17) is 5.73 Å². The summed E-state index contributed by atoms with van der Waals surface area (Å²) < 4.78 is 0. The van der Waals surface area contributed by atoms with Crippen molar-refractivity contribution in [1.29, 1.82) is 0 Å². The third-order valence-electron chi connectivity index (χ3n) is 5.22. The lowest BCUT2D eigenvalue weighted by molar-refractivity contribution is -0.163. The van der Waals surface area contributed by atoms with Crippen LogP contribution in [0.25, 0.3) is 0 Å². The average Bonchev–Trinajstić information content (AvgIpc) is 2.92. The highest BCUT2D eigenvalue weighted by molar-refractivity contribution is 6.00. The predicted octanol–water partition coefficient (Wildman–Crippen LogP) is -0.784. The summed E-state index contributed by atoms with van der Waals surface area (Å²) in [6.07, 6.45) is 0.151. The number of aliphatic hydroxyl groups excluding tert-OH is 1. The molecule has 3 heterocycles. The summed E-state index contributed by atoms with van der Waals surface area (Å²) in [6.45, 7) is 5.67. The van der Waals surface area contributed by atoms with Gasteiger partial charge in [0.2, 0.25) is 5.91 Å². The number of nitrogens with zero attached hydrogens (tertiary/aromatic N) is 2. The van der Waals surface area contributed by atoms with Gasteiger partial charge in [0.1, 0.15) is 5.70 Å². The number of β-lactam (4-membered cyclic amide) rings is 1. The molecule has 4 N–H and O–H groups in total. The third-order valence-corrected chi connectivity index (χ3v) is 5.22. The predicted molar refractivity (Wildman–Crippen MR) is 78.7 cm³/mol. The molecule has 7 nitrogen and oxygen atoms in total. The number of nitrogens with two attached hydrogens (primary N) is 1. The number of amides is 1. The van der Waals surface area contributed by atoms with Crippen LogP contribution >= 0.6 is 0 Å². The van der Waals surface area contributed by atoms with Crippen molar-refractivity contribution in [2.75, 3.05) is 19.6 Å². The van der Waals surface area contributed by atoms with E-state index in [1.165, 1.54) is 4.90 Å². The maximum absolute atomic E-state index is 12.2. The van der Waals surface area contributed by atoms with Gasteiger partial charge in [-0.3, -0.25) is 9.69 Å². The zero-order chi connectivity index (χ0) is 16.2. The Morgan fingerprint density at radius 3 is 2.68 bits per heavy atom. The van der Waals surface area contributed by atoms with Gasteiger partial charge in [0.15, 0.2) is 0 Å². The second kappa shape index (κ2) is 5.33. The Morgan fingerprint density at radius 1 is 1.50 bits per heavy atom. The maximum atomic E-state index is 12.2. The molecule has 0 saturated carbocycles. The molecule has 0 spiro atoms. The monoisotopic (exact) mass is 309 g/mol. The standard InChI is InChI=1S/C15H23N3O4/c1-7-10(6-17-4-3-9(16)5-17)13(15(21)22)18-12(7)11(8(2)19)14(18)20/h7-9,11-12,19H,3-6,16H2,1-2H3,(H,21,22)/t7-,8+,9-,11+,12+/m0/s1. The number of carbonyl (C=O) groups excluding carboxylic acids is 1. The van der Waals surface area contributed by atoms with Crippen LogP contribution in [0.1, 0.15) is 20.3 Å². The van der Waals surface area contributed by atoms with Crippen molar-refractivity contribution in [1.82, 2.24) is 9.80 Å². The van der Waals surface area contributed by atoms with Gasteiger partial charge in [-0.15, -0.1) is 0 Å². The Balaban J connectivity index is 1.87. The first-order valence-corrected chi connectivity index (χ1v) is 7.78. The first-order valence-electron chi connectivity index (χ1n) is 7.78. The van der Waals surface area contributed by atoms with E-state index in [0.717, 1.165) is 25.1 Å². The van der Waals surface area contributed by atoms with E-state index < -0.39 is 18.0 Å². The molecular weight excluding hydrogens is 286 g/mol. The number of rotatable bonds is 4. The van der Waals surface area contributed by atoms with Crippen molar-refractivity contribution in [3.05, 3.63) is 11.3 Å². The van der Waals surface area contributed by atoms with E-state index in [9.17, 15) is 19.8 Å². The Labute approximate surface area is 129 Å². The zero-order valence-electron chi connectivity index (χ0n) is 12.9. The zero-order valence-corrected chi connectivity index (χ0v) is 12.9. The first-order chi connectivity index (χ1) is 10.3. The molecule has 1 amide bonds. The number of carboxylic acids is 1. The smallest absolute Gasteiger partial charge is 0.352 e. The van der Waals surface area contributed by atoms with Gasteiger partial charge >= 0.3 is 5.97 Å². The largest absolute Gasteiger partial charge is 0.477 e. The van der Waals surface area contributed by atoms with Crippen molar-refractivity contribution < 1.29 is 19.8 Å². The van der Waals surface area contributed by atoms with Crippen LogP contribution in [0.3, 0.4) is 0 Å². The van der Waals surface area contributed by atoms with Gasteiger partial charge in [-0.2, -0.15) is 0 Å². The van der Waals surface area contributed by atoms with E-state index in [0.29, 0.717) is 6.54 Å². The molecule has 2 saturated heterocycles. The van der Waals surface area contributed by atoms with Crippen molar-refractivity contribution in [3.8, 4) is 0 Å². The highest BCUT2D eigenvalue weighted by Crippen LogP contribution is 2.47. The summed E-state index contributed by atoms with van der Waals surface area (Å²) in [6, 6.07) is -0.0978. The van der Waals surface area contributed by atoms with Crippen LogP contribution in [0.15, 0.2) is 11.3 Å². The summed E-state index contributed by atoms with van der Waals surface area (Å²) in [5, 5.41) is 19.3. The molecule has 2 fully saturated rings. The molecule has 0 unspecified atom stereocenters. The molecule has 0 aromatic heterocycles. The van der Waals surface area contributed by atoms with Crippen LogP contribution < -0.4 is 5.73 Å². The Kier molecular flexibility index (Phi) is 3.74. The number of aliphatic carboxylic acids is 1. The van der Waals surface area contributed by atoms with Crippen LogP contribution in [-0.4, -0.2) is 69.7 Å². The SMILES string of the molecule is C[C@@H](O)[C@H]1C(=O)N2C(C(=O)O)=C(CN3CC[C@H](N)C3)[C@H](C)[C@H]12. The molecule has 3 rings (SSSR count). The minimum absolute atomic E-state index is 0.0553. The summed E-state index contributed by atoms with van der Waals surface area (Å²) in [7, 11) is 0. The highest BCUT2D eigenvalue weighted by atomic mass is 16.4. The van der Waals surface area contributed by atoms with Crippen LogP contribution in [0, 0.1) is 11.8 Å². The van der Waals surface area contributed by atoms with Gasteiger partial charge in [0.25, 0.3) is 0 Å². The summed E-state index contributed by atoms with van der Waals surface area (Å²) in [4.78, 5) is 27.4. The molecule has 0 aromatic rings. The Hall–Kier alpha value is -1.44. The van der Waals surface area contributed by atoms with Crippen LogP contribution in [0.5, 0.6) is 0 Å². The molecule has 0 aromatic carbocycles. The highest BCUT2D eigenvalue weighted by Gasteiger charge is 2.59. The number of fused-ring (bicyclic) bond motifs is 1. The van der Waals surface area contributed by atoms with Gasteiger partial charge < -0.3 is 20.8 Å². The molecular formula is C15H23N3O4. The summed E-state index contributed by atoms with van der Waals surface area (Å²) in [5.74, 6) is -1.90. The number of carbonyl (C=O) groups is 2. The van der Waals surface area contributed by atoms with Gasteiger partial charge in [-0.1, -0.05) is 6.92 Å². The molecule has 0 bridgehead atoms. The summed E-state index contributed by atoms with van der Waals surface area (Å²) >= 11 is 0. The number of aliphatic hydroxyl groups is 1. The van der Waals surface area contributed by atoms with Crippen molar-refractivity contribution in [2.24, 2.45) is 17.6 Å². The Bertz CT molecular complexity index is 545. The minimum Gasteiger partial charge on any atom is -0.477 e. The fourth-order valence-corrected chi connectivity index (χ4v) is 4.10. The van der Waals surface area contributed by atoms with E-state index in [1.807, 2.05) is 6.92 Å². The molecule has 22 heavy (non-hydrogen) atoms. The van der Waals surface area contributed by atoms with Gasteiger partial charge in [0.05, 0.1) is 18.1 Å². The van der Waals surface area contributed by atoms with Crippen molar-refractivity contribution in [3.63, 3.8) is 0 Å². The second-order valence-corrected chi connectivity index (χ2v) is 6.72. The lowest BCUT2D eigenvalue weighted by Crippen LogP contribution is -2.63. The average molecular weight is 309 g/mol. The molecule has 0 aliphatic carbocycles. The lowest BCUT2D eigenvalue weighted by Gasteiger charge is -2.46. The number of hydrogen-bond donors (Lipinski definition) is 3. The van der Waals surface area contributed by atoms with Crippen LogP contribution in [-0.2, 0) is 9.59 Å². The quantitative estimate of drug-likeness (QED) is 0.588. The van der Waals surface area contributed by atoms with Crippen LogP contribution in [0.4, 0.5) is 0 Å². The van der Waals surface area contributed by atoms with E-state index in [1.54, 1.807) is 6.92 Å². The molecule has 7 heteroatoms. The number of likely N-dealkylation sites (tertiary alicyclic amines) is 1. The lowest BCUT2D eigenvalue weighted by atomic mass is 9.77. The molecule has 5 atom stereocenters. The van der Waals surface area contributed by atoms with Gasteiger partial charge in [-0.05, 0) is 18.9 Å². The Morgan fingerprint density at radius 2 is 2.18 bits per heavy atom. The minimum atomic E-state index is -1.06. The molecule has 122 valence electrons. The van der Waals surface area contributed by atoms with Gasteiger partial charge in [0, 0.05) is 31.6 Å². The first kappa shape index (κ1) is 15.5. The van der Waals surface area contributed by atoms with Crippen molar-refractivity contribution >= 4 is 11.9 Å². The third kappa shape index (κ3) is 2.15. The van der Waals surface area contributed by atoms with Crippen LogP contribution in [0.2, 0.25) is 0 Å². The molecule has 0 radical (unpaired) electrons. The van der Waals surface area contributed by atoms with E-state index in [2.05, 4.69) is 4.90 Å².